The zero-order chi connectivity index (χ0) is 13.4. The van der Waals surface area contributed by atoms with Gasteiger partial charge in [0.25, 0.3) is 0 Å². The lowest BCUT2D eigenvalue weighted by Crippen LogP contribution is -1.96. The first kappa shape index (κ1) is 12.1. The van der Waals surface area contributed by atoms with Crippen LogP contribution in [0.5, 0.6) is 0 Å². The van der Waals surface area contributed by atoms with Gasteiger partial charge in [0.2, 0.25) is 0 Å². The van der Waals surface area contributed by atoms with Crippen LogP contribution in [0.15, 0.2) is 54.6 Å². The van der Waals surface area contributed by atoms with E-state index in [9.17, 15) is 0 Å². The number of fused-ring (bicyclic) bond motifs is 1. The van der Waals surface area contributed by atoms with Gasteiger partial charge in [-0.25, -0.2) is 0 Å². The Morgan fingerprint density at radius 1 is 0.900 bits per heavy atom. The van der Waals surface area contributed by atoms with Crippen molar-refractivity contribution in [3.05, 3.63) is 60.2 Å². The molecule has 1 fully saturated rings. The fraction of sp³-hybridized carbons (Fsp3) is 0.176. The molecular weight excluding hydrogens is 268 g/mol. The van der Waals surface area contributed by atoms with Gasteiger partial charge < -0.3 is 9.47 Å². The molecule has 100 valence electrons. The molecule has 0 bridgehead atoms. The summed E-state index contributed by atoms with van der Waals surface area (Å²) in [4.78, 5) is 1.30. The van der Waals surface area contributed by atoms with Gasteiger partial charge in [-0.15, -0.1) is 11.3 Å². The number of ether oxygens (including phenoxy) is 2. The van der Waals surface area contributed by atoms with Crippen molar-refractivity contribution in [3.8, 4) is 10.4 Å². The molecule has 0 aliphatic carbocycles. The summed E-state index contributed by atoms with van der Waals surface area (Å²) in [5.74, 6) is 0. The molecular formula is C17H14O2S. The zero-order valence-corrected chi connectivity index (χ0v) is 11.7. The van der Waals surface area contributed by atoms with Crippen LogP contribution in [-0.4, -0.2) is 13.2 Å². The molecule has 2 aromatic carbocycles. The van der Waals surface area contributed by atoms with Gasteiger partial charge in [-0.2, -0.15) is 0 Å². The van der Waals surface area contributed by atoms with Crippen molar-refractivity contribution >= 4 is 21.4 Å². The van der Waals surface area contributed by atoms with Crippen LogP contribution in [0, 0.1) is 0 Å². The molecule has 1 aliphatic heterocycles. The van der Waals surface area contributed by atoms with Crippen LogP contribution in [0.4, 0.5) is 0 Å². The minimum atomic E-state index is -0.195. The molecule has 0 saturated carbocycles. The summed E-state index contributed by atoms with van der Waals surface area (Å²) < 4.78 is 12.4. The highest BCUT2D eigenvalue weighted by atomic mass is 32.1. The minimum absolute atomic E-state index is 0.195. The molecule has 1 aromatic heterocycles. The van der Waals surface area contributed by atoms with Crippen molar-refractivity contribution in [2.24, 2.45) is 0 Å². The van der Waals surface area contributed by atoms with Gasteiger partial charge in [-0.1, -0.05) is 36.4 Å². The van der Waals surface area contributed by atoms with Crippen LogP contribution >= 0.6 is 11.3 Å². The van der Waals surface area contributed by atoms with E-state index in [1.807, 2.05) is 17.4 Å². The van der Waals surface area contributed by atoms with Gasteiger partial charge in [0, 0.05) is 15.1 Å². The topological polar surface area (TPSA) is 18.5 Å². The largest absolute Gasteiger partial charge is 0.346 e. The maximum atomic E-state index is 5.56. The summed E-state index contributed by atoms with van der Waals surface area (Å²) in [6, 6.07) is 19.2. The molecule has 0 N–H and O–H groups in total. The Morgan fingerprint density at radius 2 is 1.70 bits per heavy atom. The summed E-state index contributed by atoms with van der Waals surface area (Å²) in [5, 5.41) is 1.26. The highest BCUT2D eigenvalue weighted by Crippen LogP contribution is 2.35. The Hall–Kier alpha value is -1.68. The Balaban J connectivity index is 1.76. The third kappa shape index (κ3) is 2.14. The molecule has 3 heteroatoms. The molecule has 2 heterocycles. The van der Waals surface area contributed by atoms with Crippen molar-refractivity contribution in [3.63, 3.8) is 0 Å². The molecule has 0 spiro atoms. The molecule has 0 unspecified atom stereocenters. The average Bonchev–Trinajstić information content (AvgIpc) is 3.16. The monoisotopic (exact) mass is 282 g/mol. The van der Waals surface area contributed by atoms with Crippen molar-refractivity contribution in [2.75, 3.05) is 13.2 Å². The molecule has 3 aromatic rings. The molecule has 0 radical (unpaired) electrons. The molecule has 4 rings (SSSR count). The third-order valence-electron chi connectivity index (χ3n) is 3.49. The molecule has 20 heavy (non-hydrogen) atoms. The van der Waals surface area contributed by atoms with Crippen LogP contribution in [-0.2, 0) is 9.47 Å². The van der Waals surface area contributed by atoms with E-state index in [1.54, 1.807) is 0 Å². The summed E-state index contributed by atoms with van der Waals surface area (Å²) in [6.45, 7) is 1.36. The van der Waals surface area contributed by atoms with E-state index in [0.717, 1.165) is 5.56 Å². The summed E-state index contributed by atoms with van der Waals surface area (Å²) in [7, 11) is 0. The van der Waals surface area contributed by atoms with E-state index in [4.69, 9.17) is 9.47 Å². The number of benzene rings is 2. The van der Waals surface area contributed by atoms with Gasteiger partial charge in [0.1, 0.15) is 0 Å². The van der Waals surface area contributed by atoms with E-state index in [-0.39, 0.29) is 6.29 Å². The maximum Gasteiger partial charge on any atom is 0.184 e. The Morgan fingerprint density at radius 3 is 2.50 bits per heavy atom. The zero-order valence-electron chi connectivity index (χ0n) is 10.9. The van der Waals surface area contributed by atoms with E-state index in [1.165, 1.54) is 20.5 Å². The van der Waals surface area contributed by atoms with Crippen LogP contribution in [0.1, 0.15) is 11.9 Å². The first-order valence-corrected chi connectivity index (χ1v) is 7.54. The average molecular weight is 282 g/mol. The standard InChI is InChI=1S/C17H14O2S/c1-2-4-12(5-3-1)16-11-14-10-13(6-7-15(14)20-16)17-18-8-9-19-17/h1-7,10-11,17H,8-9H2. The van der Waals surface area contributed by atoms with Crippen LogP contribution in [0.3, 0.4) is 0 Å². The Bertz CT molecular complexity index is 727. The van der Waals surface area contributed by atoms with Crippen LogP contribution < -0.4 is 0 Å². The van der Waals surface area contributed by atoms with Crippen molar-refractivity contribution in [1.29, 1.82) is 0 Å². The maximum absolute atomic E-state index is 5.56. The normalized spacial score (nSPS) is 16.0. The fourth-order valence-corrected chi connectivity index (χ4v) is 3.55. The Kier molecular flexibility index (Phi) is 3.03. The first-order valence-electron chi connectivity index (χ1n) is 6.72. The van der Waals surface area contributed by atoms with E-state index in [2.05, 4.69) is 48.5 Å². The van der Waals surface area contributed by atoms with Gasteiger partial charge in [0.05, 0.1) is 13.2 Å². The Labute approximate surface area is 121 Å². The lowest BCUT2D eigenvalue weighted by atomic mass is 10.1. The number of rotatable bonds is 2. The van der Waals surface area contributed by atoms with Crippen molar-refractivity contribution < 1.29 is 9.47 Å². The fourth-order valence-electron chi connectivity index (χ4n) is 2.50. The van der Waals surface area contributed by atoms with Gasteiger partial charge in [-0.05, 0) is 29.1 Å². The molecule has 0 amide bonds. The number of hydrogen-bond acceptors (Lipinski definition) is 3. The van der Waals surface area contributed by atoms with Gasteiger partial charge in [-0.3, -0.25) is 0 Å². The highest BCUT2D eigenvalue weighted by Gasteiger charge is 2.18. The molecule has 1 aliphatic rings. The second kappa shape index (κ2) is 5.02. The molecule has 2 nitrogen and oxygen atoms in total. The quantitative estimate of drug-likeness (QED) is 0.683. The van der Waals surface area contributed by atoms with Gasteiger partial charge >= 0.3 is 0 Å². The minimum Gasteiger partial charge on any atom is -0.346 e. The summed E-state index contributed by atoms with van der Waals surface area (Å²) >= 11 is 1.82. The van der Waals surface area contributed by atoms with E-state index < -0.39 is 0 Å². The highest BCUT2D eigenvalue weighted by molar-refractivity contribution is 7.22. The molecule has 1 saturated heterocycles. The summed E-state index contributed by atoms with van der Waals surface area (Å²) in [5.41, 5.74) is 2.37. The van der Waals surface area contributed by atoms with Gasteiger partial charge in [0.15, 0.2) is 6.29 Å². The first-order chi connectivity index (χ1) is 9.90. The summed E-state index contributed by atoms with van der Waals surface area (Å²) in [6.07, 6.45) is -0.195. The number of thiophene rings is 1. The SMILES string of the molecule is c1ccc(-c2cc3cc(C4OCCO4)ccc3s2)cc1. The third-order valence-corrected chi connectivity index (χ3v) is 4.66. The lowest BCUT2D eigenvalue weighted by Gasteiger charge is -2.08. The van der Waals surface area contributed by atoms with E-state index in [0.29, 0.717) is 13.2 Å². The lowest BCUT2D eigenvalue weighted by molar-refractivity contribution is -0.0440. The smallest absolute Gasteiger partial charge is 0.184 e. The van der Waals surface area contributed by atoms with Crippen LogP contribution in [0.2, 0.25) is 0 Å². The second-order valence-corrected chi connectivity index (χ2v) is 5.93. The van der Waals surface area contributed by atoms with Crippen molar-refractivity contribution in [1.82, 2.24) is 0 Å². The second-order valence-electron chi connectivity index (χ2n) is 4.85. The predicted octanol–water partition coefficient (Wildman–Crippen LogP) is 4.61. The number of hydrogen-bond donors (Lipinski definition) is 0. The molecule has 0 atom stereocenters. The predicted molar refractivity (Wildman–Crippen MR) is 81.9 cm³/mol. The van der Waals surface area contributed by atoms with Crippen LogP contribution in [0.25, 0.3) is 20.5 Å². The van der Waals surface area contributed by atoms with E-state index >= 15 is 0 Å². The van der Waals surface area contributed by atoms with Crippen molar-refractivity contribution in [2.45, 2.75) is 6.29 Å².